The summed E-state index contributed by atoms with van der Waals surface area (Å²) >= 11 is 3.32. The van der Waals surface area contributed by atoms with Gasteiger partial charge in [-0.25, -0.2) is 0 Å². The van der Waals surface area contributed by atoms with Crippen LogP contribution in [0.2, 0.25) is 0 Å². The lowest BCUT2D eigenvalue weighted by atomic mass is 10.1. The van der Waals surface area contributed by atoms with Crippen LogP contribution in [0.3, 0.4) is 0 Å². The third-order valence-electron chi connectivity index (χ3n) is 2.18. The van der Waals surface area contributed by atoms with Gasteiger partial charge in [0.05, 0.1) is 0 Å². The number of carbonyl (C=O) groups is 1. The second-order valence-corrected chi connectivity index (χ2v) is 4.12. The first-order chi connectivity index (χ1) is 8.11. The predicted octanol–water partition coefficient (Wildman–Crippen LogP) is 1.57. The monoisotopic (exact) mass is 294 g/mol. The average molecular weight is 295 g/mol. The average Bonchev–Trinajstić information content (AvgIpc) is 2.72. The Labute approximate surface area is 106 Å². The molecule has 5 nitrogen and oxygen atoms in total. The largest absolute Gasteiger partial charge is 0.454 e. The standard InChI is InChI=1S/C11H7BrN2O3/c12-8-3-10-9(16-5-17-10)2-6(8)1-7(4-13)11(14)15/h1-3H,5H2,(H2,14,15)/b7-1-. The van der Waals surface area contributed by atoms with E-state index in [2.05, 4.69) is 15.9 Å². The normalized spacial score (nSPS) is 13.3. The Kier molecular flexibility index (Phi) is 3.02. The number of carbonyl (C=O) groups excluding carboxylic acids is 1. The number of nitrogens with two attached hydrogens (primary N) is 1. The van der Waals surface area contributed by atoms with Crippen LogP contribution in [0.15, 0.2) is 22.2 Å². The minimum atomic E-state index is -0.767. The van der Waals surface area contributed by atoms with Crippen LogP contribution in [0.1, 0.15) is 5.56 Å². The van der Waals surface area contributed by atoms with E-state index in [1.807, 2.05) is 0 Å². The van der Waals surface area contributed by atoms with E-state index in [0.717, 1.165) is 0 Å². The van der Waals surface area contributed by atoms with E-state index in [-0.39, 0.29) is 12.4 Å². The number of nitrogens with zero attached hydrogens (tertiary/aromatic N) is 1. The zero-order valence-corrected chi connectivity index (χ0v) is 10.2. The number of nitriles is 1. The Morgan fingerprint density at radius 2 is 2.12 bits per heavy atom. The van der Waals surface area contributed by atoms with Gasteiger partial charge in [-0.2, -0.15) is 5.26 Å². The van der Waals surface area contributed by atoms with E-state index in [1.165, 1.54) is 6.08 Å². The summed E-state index contributed by atoms with van der Waals surface area (Å²) < 4.78 is 11.1. The van der Waals surface area contributed by atoms with Crippen molar-refractivity contribution in [3.8, 4) is 17.6 Å². The van der Waals surface area contributed by atoms with Gasteiger partial charge in [0.15, 0.2) is 11.5 Å². The van der Waals surface area contributed by atoms with Crippen molar-refractivity contribution in [3.05, 3.63) is 27.7 Å². The lowest BCUT2D eigenvalue weighted by molar-refractivity contribution is -0.114. The van der Waals surface area contributed by atoms with Crippen LogP contribution >= 0.6 is 15.9 Å². The number of halogens is 1. The van der Waals surface area contributed by atoms with E-state index in [0.29, 0.717) is 21.5 Å². The van der Waals surface area contributed by atoms with Gasteiger partial charge in [-0.3, -0.25) is 4.79 Å². The van der Waals surface area contributed by atoms with Gasteiger partial charge in [0.2, 0.25) is 6.79 Å². The van der Waals surface area contributed by atoms with E-state index >= 15 is 0 Å². The molecular formula is C11H7BrN2O3. The molecule has 0 atom stereocenters. The molecule has 0 spiro atoms. The fourth-order valence-electron chi connectivity index (χ4n) is 1.36. The maximum absolute atomic E-state index is 10.9. The maximum Gasteiger partial charge on any atom is 0.259 e. The molecular weight excluding hydrogens is 288 g/mol. The highest BCUT2D eigenvalue weighted by Gasteiger charge is 2.16. The second kappa shape index (κ2) is 4.47. The summed E-state index contributed by atoms with van der Waals surface area (Å²) in [5, 5.41) is 8.75. The van der Waals surface area contributed by atoms with Crippen molar-refractivity contribution in [2.45, 2.75) is 0 Å². The van der Waals surface area contributed by atoms with E-state index in [4.69, 9.17) is 20.5 Å². The molecule has 1 aliphatic rings. The van der Waals surface area contributed by atoms with Crippen LogP contribution in [0.25, 0.3) is 6.08 Å². The number of benzene rings is 1. The van der Waals surface area contributed by atoms with Crippen molar-refractivity contribution < 1.29 is 14.3 Å². The quantitative estimate of drug-likeness (QED) is 0.663. The molecule has 1 aliphatic heterocycles. The van der Waals surface area contributed by atoms with E-state index in [1.54, 1.807) is 18.2 Å². The molecule has 0 unspecified atom stereocenters. The minimum absolute atomic E-state index is 0.121. The zero-order valence-electron chi connectivity index (χ0n) is 8.57. The fraction of sp³-hybridized carbons (Fsp3) is 0.0909. The van der Waals surface area contributed by atoms with Gasteiger partial charge in [0.1, 0.15) is 11.6 Å². The molecule has 0 bridgehead atoms. The summed E-state index contributed by atoms with van der Waals surface area (Å²) in [4.78, 5) is 10.9. The molecule has 1 aromatic carbocycles. The summed E-state index contributed by atoms with van der Waals surface area (Å²) in [6.45, 7) is 0.163. The Morgan fingerprint density at radius 3 is 2.71 bits per heavy atom. The first-order valence-electron chi connectivity index (χ1n) is 4.62. The van der Waals surface area contributed by atoms with Gasteiger partial charge >= 0.3 is 0 Å². The van der Waals surface area contributed by atoms with Crippen molar-refractivity contribution in [1.29, 1.82) is 5.26 Å². The first kappa shape index (κ1) is 11.5. The summed E-state index contributed by atoms with van der Waals surface area (Å²) in [6, 6.07) is 5.12. The van der Waals surface area contributed by atoms with Crippen LogP contribution in [0, 0.1) is 11.3 Å². The molecule has 0 saturated carbocycles. The third-order valence-corrected chi connectivity index (χ3v) is 2.86. The number of ether oxygens (including phenoxy) is 2. The molecule has 1 heterocycles. The highest BCUT2D eigenvalue weighted by molar-refractivity contribution is 9.10. The Bertz CT molecular complexity index is 561. The smallest absolute Gasteiger partial charge is 0.259 e. The van der Waals surface area contributed by atoms with Crippen molar-refractivity contribution in [2.75, 3.05) is 6.79 Å². The molecule has 86 valence electrons. The van der Waals surface area contributed by atoms with Crippen LogP contribution < -0.4 is 15.2 Å². The van der Waals surface area contributed by atoms with Gasteiger partial charge in [-0.1, -0.05) is 15.9 Å². The molecule has 0 aromatic heterocycles. The molecule has 0 saturated heterocycles. The topological polar surface area (TPSA) is 85.3 Å². The summed E-state index contributed by atoms with van der Waals surface area (Å²) in [5.74, 6) is 0.421. The summed E-state index contributed by atoms with van der Waals surface area (Å²) in [5.41, 5.74) is 5.57. The van der Waals surface area contributed by atoms with Gasteiger partial charge in [0.25, 0.3) is 5.91 Å². The third kappa shape index (κ3) is 2.24. The Balaban J connectivity index is 2.47. The van der Waals surface area contributed by atoms with Crippen molar-refractivity contribution >= 4 is 27.9 Å². The number of hydrogen-bond donors (Lipinski definition) is 1. The fourth-order valence-corrected chi connectivity index (χ4v) is 1.79. The second-order valence-electron chi connectivity index (χ2n) is 3.26. The lowest BCUT2D eigenvalue weighted by Gasteiger charge is -2.02. The highest BCUT2D eigenvalue weighted by atomic mass is 79.9. The van der Waals surface area contributed by atoms with Crippen LogP contribution in [0.4, 0.5) is 0 Å². The molecule has 2 N–H and O–H groups in total. The molecule has 17 heavy (non-hydrogen) atoms. The summed E-state index contributed by atoms with van der Waals surface area (Å²) in [7, 11) is 0. The van der Waals surface area contributed by atoms with Crippen LogP contribution in [-0.2, 0) is 4.79 Å². The molecule has 0 aliphatic carbocycles. The highest BCUT2D eigenvalue weighted by Crippen LogP contribution is 2.37. The molecule has 2 rings (SSSR count). The number of hydrogen-bond acceptors (Lipinski definition) is 4. The molecule has 0 fully saturated rings. The van der Waals surface area contributed by atoms with Crippen molar-refractivity contribution in [3.63, 3.8) is 0 Å². The van der Waals surface area contributed by atoms with Gasteiger partial charge in [-0.15, -0.1) is 0 Å². The van der Waals surface area contributed by atoms with Gasteiger partial charge in [-0.05, 0) is 23.8 Å². The van der Waals surface area contributed by atoms with Gasteiger partial charge in [0, 0.05) is 4.47 Å². The Hall–Kier alpha value is -2.00. The van der Waals surface area contributed by atoms with Crippen LogP contribution in [-0.4, -0.2) is 12.7 Å². The SMILES string of the molecule is N#C/C(=C/c1cc2c(cc1Br)OCO2)C(N)=O. The molecule has 1 amide bonds. The van der Waals surface area contributed by atoms with Gasteiger partial charge < -0.3 is 15.2 Å². The van der Waals surface area contributed by atoms with Crippen molar-refractivity contribution in [1.82, 2.24) is 0 Å². The Morgan fingerprint density at radius 1 is 1.47 bits per heavy atom. The lowest BCUT2D eigenvalue weighted by Crippen LogP contribution is -2.12. The number of fused-ring (bicyclic) bond motifs is 1. The first-order valence-corrected chi connectivity index (χ1v) is 5.42. The zero-order chi connectivity index (χ0) is 12.4. The maximum atomic E-state index is 10.9. The number of primary amides is 1. The molecule has 1 aromatic rings. The number of rotatable bonds is 2. The predicted molar refractivity (Wildman–Crippen MR) is 63.0 cm³/mol. The molecule has 0 radical (unpaired) electrons. The summed E-state index contributed by atoms with van der Waals surface area (Å²) in [6.07, 6.45) is 1.40. The van der Waals surface area contributed by atoms with E-state index < -0.39 is 5.91 Å². The van der Waals surface area contributed by atoms with Crippen LogP contribution in [0.5, 0.6) is 11.5 Å². The molecule has 6 heteroatoms. The number of amides is 1. The minimum Gasteiger partial charge on any atom is -0.454 e. The van der Waals surface area contributed by atoms with E-state index in [9.17, 15) is 4.79 Å². The van der Waals surface area contributed by atoms with Crippen molar-refractivity contribution in [2.24, 2.45) is 5.73 Å².